The zero-order chi connectivity index (χ0) is 15.5. The molecule has 4 nitrogen and oxygen atoms in total. The Bertz CT molecular complexity index is 576. The fourth-order valence-electron chi connectivity index (χ4n) is 3.33. The third-order valence-corrected chi connectivity index (χ3v) is 4.63. The fraction of sp³-hybridized carbons (Fsp3) is 0.556. The summed E-state index contributed by atoms with van der Waals surface area (Å²) in [4.78, 5) is 26.2. The van der Waals surface area contributed by atoms with E-state index >= 15 is 0 Å². The fourth-order valence-corrected chi connectivity index (χ4v) is 3.33. The highest BCUT2D eigenvalue weighted by Gasteiger charge is 2.26. The summed E-state index contributed by atoms with van der Waals surface area (Å²) in [5, 5.41) is 0. The first-order valence-electron chi connectivity index (χ1n) is 8.27. The van der Waals surface area contributed by atoms with Crippen LogP contribution < -0.4 is 0 Å². The molecule has 1 fully saturated rings. The van der Waals surface area contributed by atoms with Crippen LogP contribution in [-0.2, 0) is 22.4 Å². The van der Waals surface area contributed by atoms with E-state index in [4.69, 9.17) is 4.74 Å². The zero-order valence-electron chi connectivity index (χ0n) is 13.1. The summed E-state index contributed by atoms with van der Waals surface area (Å²) in [6.07, 6.45) is 5.89. The van der Waals surface area contributed by atoms with Gasteiger partial charge in [0, 0.05) is 13.1 Å². The lowest BCUT2D eigenvalue weighted by molar-refractivity contribution is -0.138. The van der Waals surface area contributed by atoms with E-state index in [2.05, 4.69) is 0 Å². The molecule has 1 heterocycles. The summed E-state index contributed by atoms with van der Waals surface area (Å²) in [6.45, 7) is 3.22. The molecule has 1 aliphatic heterocycles. The normalized spacial score (nSPS) is 18.7. The first kappa shape index (κ1) is 15.1. The minimum Gasteiger partial charge on any atom is -0.449 e. The number of likely N-dealkylation sites (tertiary alicyclic amines) is 1. The molecule has 2 aliphatic rings. The van der Waals surface area contributed by atoms with Gasteiger partial charge in [-0.3, -0.25) is 4.79 Å². The van der Waals surface area contributed by atoms with Gasteiger partial charge in [0.2, 0.25) is 0 Å². The number of aryl methyl sites for hydroxylation is 2. The van der Waals surface area contributed by atoms with Gasteiger partial charge in [-0.2, -0.15) is 0 Å². The molecule has 1 atom stereocenters. The SMILES string of the molecule is CC(OC(=O)c1ccc2c(c1)CCCC2)C(=O)N1CCCC1. The lowest BCUT2D eigenvalue weighted by Gasteiger charge is -2.21. The van der Waals surface area contributed by atoms with Gasteiger partial charge in [0.25, 0.3) is 5.91 Å². The highest BCUT2D eigenvalue weighted by molar-refractivity contribution is 5.92. The van der Waals surface area contributed by atoms with E-state index in [0.29, 0.717) is 5.56 Å². The van der Waals surface area contributed by atoms with Gasteiger partial charge in [0.15, 0.2) is 6.10 Å². The second-order valence-electron chi connectivity index (χ2n) is 6.27. The molecule has 0 bridgehead atoms. The van der Waals surface area contributed by atoms with Crippen molar-refractivity contribution in [1.29, 1.82) is 0 Å². The Hall–Kier alpha value is -1.84. The summed E-state index contributed by atoms with van der Waals surface area (Å²) >= 11 is 0. The molecule has 0 N–H and O–H groups in total. The summed E-state index contributed by atoms with van der Waals surface area (Å²) in [6, 6.07) is 5.78. The number of rotatable bonds is 3. The van der Waals surface area contributed by atoms with Crippen molar-refractivity contribution in [3.63, 3.8) is 0 Å². The smallest absolute Gasteiger partial charge is 0.338 e. The van der Waals surface area contributed by atoms with Gasteiger partial charge >= 0.3 is 5.97 Å². The van der Waals surface area contributed by atoms with E-state index in [1.807, 2.05) is 18.2 Å². The molecule has 22 heavy (non-hydrogen) atoms. The third-order valence-electron chi connectivity index (χ3n) is 4.63. The van der Waals surface area contributed by atoms with Crippen LogP contribution in [0.25, 0.3) is 0 Å². The standard InChI is InChI=1S/C18H23NO3/c1-13(17(20)19-10-4-5-11-19)22-18(21)16-9-8-14-6-2-3-7-15(14)12-16/h8-9,12-13H,2-7,10-11H2,1H3. The van der Waals surface area contributed by atoms with Gasteiger partial charge in [0.05, 0.1) is 5.56 Å². The molecule has 0 radical (unpaired) electrons. The quantitative estimate of drug-likeness (QED) is 0.807. The largest absolute Gasteiger partial charge is 0.449 e. The second-order valence-corrected chi connectivity index (χ2v) is 6.27. The van der Waals surface area contributed by atoms with Crippen molar-refractivity contribution in [3.8, 4) is 0 Å². The molecule has 118 valence electrons. The Morgan fingerprint density at radius 3 is 2.45 bits per heavy atom. The van der Waals surface area contributed by atoms with Gasteiger partial charge in [-0.1, -0.05) is 6.07 Å². The summed E-state index contributed by atoms with van der Waals surface area (Å²) in [5.74, 6) is -0.475. The van der Waals surface area contributed by atoms with Crippen molar-refractivity contribution >= 4 is 11.9 Å². The van der Waals surface area contributed by atoms with Crippen molar-refractivity contribution in [1.82, 2.24) is 4.90 Å². The average molecular weight is 301 g/mol. The molecule has 0 saturated carbocycles. The second kappa shape index (κ2) is 6.51. The highest BCUT2D eigenvalue weighted by atomic mass is 16.5. The number of ether oxygens (including phenoxy) is 1. The Balaban J connectivity index is 1.65. The molecule has 0 aromatic heterocycles. The Kier molecular flexibility index (Phi) is 4.46. The van der Waals surface area contributed by atoms with Crippen LogP contribution in [0.5, 0.6) is 0 Å². The molecular weight excluding hydrogens is 278 g/mol. The van der Waals surface area contributed by atoms with Crippen molar-refractivity contribution in [2.45, 2.75) is 51.6 Å². The lowest BCUT2D eigenvalue weighted by atomic mass is 9.90. The topological polar surface area (TPSA) is 46.6 Å². The molecule has 1 aromatic rings. The highest BCUT2D eigenvalue weighted by Crippen LogP contribution is 2.23. The maximum absolute atomic E-state index is 12.3. The van der Waals surface area contributed by atoms with Gasteiger partial charge < -0.3 is 9.64 Å². The van der Waals surface area contributed by atoms with Crippen molar-refractivity contribution in [3.05, 3.63) is 34.9 Å². The number of hydrogen-bond donors (Lipinski definition) is 0. The molecule has 1 aromatic carbocycles. The van der Waals surface area contributed by atoms with Crippen LogP contribution in [0.2, 0.25) is 0 Å². The zero-order valence-corrected chi connectivity index (χ0v) is 13.1. The number of amides is 1. The first-order chi connectivity index (χ1) is 10.6. The minimum absolute atomic E-state index is 0.0798. The predicted octanol–water partition coefficient (Wildman–Crippen LogP) is 2.73. The van der Waals surface area contributed by atoms with Crippen LogP contribution in [0.4, 0.5) is 0 Å². The minimum atomic E-state index is -0.707. The Morgan fingerprint density at radius 2 is 1.73 bits per heavy atom. The van der Waals surface area contributed by atoms with Crippen LogP contribution in [0, 0.1) is 0 Å². The van der Waals surface area contributed by atoms with E-state index in [0.717, 1.165) is 38.8 Å². The van der Waals surface area contributed by atoms with Crippen molar-refractivity contribution in [2.75, 3.05) is 13.1 Å². The van der Waals surface area contributed by atoms with Crippen LogP contribution >= 0.6 is 0 Å². The molecule has 1 saturated heterocycles. The summed E-state index contributed by atoms with van der Waals surface area (Å²) < 4.78 is 5.37. The Labute approximate surface area is 131 Å². The molecular formula is C18H23NO3. The van der Waals surface area contributed by atoms with Crippen molar-refractivity contribution in [2.24, 2.45) is 0 Å². The van der Waals surface area contributed by atoms with E-state index in [9.17, 15) is 9.59 Å². The predicted molar refractivity (Wildman–Crippen MR) is 83.8 cm³/mol. The van der Waals surface area contributed by atoms with E-state index in [1.54, 1.807) is 11.8 Å². The monoisotopic (exact) mass is 301 g/mol. The summed E-state index contributed by atoms with van der Waals surface area (Å²) in [7, 11) is 0. The molecule has 1 unspecified atom stereocenters. The molecule has 4 heteroatoms. The number of carbonyl (C=O) groups excluding carboxylic acids is 2. The van der Waals surface area contributed by atoms with Crippen LogP contribution in [0.15, 0.2) is 18.2 Å². The average Bonchev–Trinajstić information content (AvgIpc) is 3.08. The maximum atomic E-state index is 12.3. The van der Waals surface area contributed by atoms with Crippen molar-refractivity contribution < 1.29 is 14.3 Å². The number of fused-ring (bicyclic) bond motifs is 1. The van der Waals surface area contributed by atoms with Crippen LogP contribution in [0.3, 0.4) is 0 Å². The number of nitrogens with zero attached hydrogens (tertiary/aromatic N) is 1. The Morgan fingerprint density at radius 1 is 1.05 bits per heavy atom. The molecule has 3 rings (SSSR count). The third kappa shape index (κ3) is 3.16. The van der Waals surface area contributed by atoms with Gasteiger partial charge in [-0.15, -0.1) is 0 Å². The van der Waals surface area contributed by atoms with E-state index in [1.165, 1.54) is 24.0 Å². The lowest BCUT2D eigenvalue weighted by Crippen LogP contribution is -2.38. The number of esters is 1. The van der Waals surface area contributed by atoms with Gasteiger partial charge in [-0.05, 0) is 68.7 Å². The van der Waals surface area contributed by atoms with Crippen LogP contribution in [0.1, 0.15) is 54.1 Å². The maximum Gasteiger partial charge on any atom is 0.338 e. The van der Waals surface area contributed by atoms with E-state index in [-0.39, 0.29) is 5.91 Å². The van der Waals surface area contributed by atoms with E-state index < -0.39 is 12.1 Å². The van der Waals surface area contributed by atoms with Gasteiger partial charge in [0.1, 0.15) is 0 Å². The number of hydrogen-bond acceptors (Lipinski definition) is 3. The number of benzene rings is 1. The molecule has 1 aliphatic carbocycles. The number of carbonyl (C=O) groups is 2. The molecule has 1 amide bonds. The first-order valence-corrected chi connectivity index (χ1v) is 8.27. The van der Waals surface area contributed by atoms with Crippen LogP contribution in [-0.4, -0.2) is 36.0 Å². The van der Waals surface area contributed by atoms with Gasteiger partial charge in [-0.25, -0.2) is 4.79 Å². The molecule has 0 spiro atoms. The summed E-state index contributed by atoms with van der Waals surface area (Å²) in [5.41, 5.74) is 3.14.